The van der Waals surface area contributed by atoms with Crippen LogP contribution in [0.4, 0.5) is 0 Å². The largest absolute Gasteiger partial charge is 0.120 e. The molecule has 0 aliphatic carbocycles. The Labute approximate surface area is 72.2 Å². The maximum Gasteiger partial charge on any atom is 0.0447 e. The van der Waals surface area contributed by atoms with Gasteiger partial charge in [-0.1, -0.05) is 29.3 Å². The van der Waals surface area contributed by atoms with Crippen molar-refractivity contribution in [3.8, 4) is 12.3 Å². The molecule has 1 aromatic carbocycles. The third kappa shape index (κ3) is 2.00. The van der Waals surface area contributed by atoms with Crippen molar-refractivity contribution in [2.75, 3.05) is 0 Å². The average Bonchev–Trinajstić information content (AvgIpc) is 1.98. The first-order chi connectivity index (χ1) is 5.24. The Kier molecular flexibility index (Phi) is 2.57. The van der Waals surface area contributed by atoms with Crippen LogP contribution in [-0.2, 0) is 6.42 Å². The number of hydrogen-bond acceptors (Lipinski definition) is 0. The van der Waals surface area contributed by atoms with Gasteiger partial charge in [0, 0.05) is 11.4 Å². The highest BCUT2D eigenvalue weighted by molar-refractivity contribution is 6.31. The Morgan fingerprint density at radius 2 is 2.27 bits per heavy atom. The highest BCUT2D eigenvalue weighted by atomic mass is 35.5. The van der Waals surface area contributed by atoms with Gasteiger partial charge in [-0.2, -0.15) is 0 Å². The van der Waals surface area contributed by atoms with E-state index >= 15 is 0 Å². The molecule has 0 aliphatic heterocycles. The van der Waals surface area contributed by atoms with Crippen LogP contribution in [0.1, 0.15) is 11.1 Å². The Morgan fingerprint density at radius 3 is 2.91 bits per heavy atom. The molecule has 0 aromatic heterocycles. The molecule has 0 nitrogen and oxygen atoms in total. The Hall–Kier alpha value is -0.930. The fraction of sp³-hybridized carbons (Fsp3) is 0.200. The third-order valence-electron chi connectivity index (χ3n) is 1.49. The summed E-state index contributed by atoms with van der Waals surface area (Å²) in [4.78, 5) is 0. The van der Waals surface area contributed by atoms with E-state index in [4.69, 9.17) is 18.0 Å². The maximum absolute atomic E-state index is 5.88. The molecule has 0 unspecified atom stereocenters. The van der Waals surface area contributed by atoms with Gasteiger partial charge in [-0.05, 0) is 18.6 Å². The quantitative estimate of drug-likeness (QED) is 0.560. The minimum Gasteiger partial charge on any atom is -0.120 e. The van der Waals surface area contributed by atoms with Crippen molar-refractivity contribution in [3.05, 3.63) is 34.3 Å². The first-order valence-electron chi connectivity index (χ1n) is 3.42. The number of hydrogen-bond donors (Lipinski definition) is 0. The first-order valence-corrected chi connectivity index (χ1v) is 3.80. The molecule has 1 rings (SSSR count). The van der Waals surface area contributed by atoms with E-state index < -0.39 is 0 Å². The van der Waals surface area contributed by atoms with Crippen LogP contribution in [0.2, 0.25) is 5.02 Å². The lowest BCUT2D eigenvalue weighted by atomic mass is 10.1. The van der Waals surface area contributed by atoms with Crippen molar-refractivity contribution in [1.29, 1.82) is 0 Å². The molecule has 0 bridgehead atoms. The molecule has 0 saturated heterocycles. The summed E-state index contributed by atoms with van der Waals surface area (Å²) in [6, 6.07) is 5.87. The predicted octanol–water partition coefficient (Wildman–Crippen LogP) is 2.82. The van der Waals surface area contributed by atoms with Crippen LogP contribution in [0, 0.1) is 19.3 Å². The molecule has 0 amide bonds. The molecule has 0 aliphatic rings. The minimum absolute atomic E-state index is 0.612. The summed E-state index contributed by atoms with van der Waals surface area (Å²) in [6.45, 7) is 2.02. The first kappa shape index (κ1) is 8.17. The van der Waals surface area contributed by atoms with Crippen LogP contribution >= 0.6 is 11.6 Å². The summed E-state index contributed by atoms with van der Waals surface area (Å²) in [7, 11) is 0. The van der Waals surface area contributed by atoms with E-state index in [1.807, 2.05) is 25.1 Å². The Balaban J connectivity index is 3.05. The number of rotatable bonds is 1. The lowest BCUT2D eigenvalue weighted by molar-refractivity contribution is 1.29. The van der Waals surface area contributed by atoms with Gasteiger partial charge in [0.1, 0.15) is 0 Å². The second kappa shape index (κ2) is 3.46. The van der Waals surface area contributed by atoms with Crippen molar-refractivity contribution in [2.45, 2.75) is 13.3 Å². The van der Waals surface area contributed by atoms with Gasteiger partial charge in [0.05, 0.1) is 0 Å². The standard InChI is InChI=1S/C10H9Cl/c1-3-4-9-7-8(2)5-6-10(9)11/h1,5-7H,4H2,2H3. The molecule has 1 aromatic rings. The van der Waals surface area contributed by atoms with Crippen LogP contribution in [0.5, 0.6) is 0 Å². The molecular weight excluding hydrogens is 156 g/mol. The van der Waals surface area contributed by atoms with Crippen LogP contribution in [0.25, 0.3) is 0 Å². The van der Waals surface area contributed by atoms with Crippen molar-refractivity contribution in [2.24, 2.45) is 0 Å². The lowest BCUT2D eigenvalue weighted by Crippen LogP contribution is -1.84. The highest BCUT2D eigenvalue weighted by Gasteiger charge is 1.96. The summed E-state index contributed by atoms with van der Waals surface area (Å²) in [5.41, 5.74) is 2.23. The summed E-state index contributed by atoms with van der Waals surface area (Å²) < 4.78 is 0. The van der Waals surface area contributed by atoms with Crippen LogP contribution in [-0.4, -0.2) is 0 Å². The Morgan fingerprint density at radius 1 is 1.55 bits per heavy atom. The van der Waals surface area contributed by atoms with Gasteiger partial charge in [0.25, 0.3) is 0 Å². The van der Waals surface area contributed by atoms with Crippen molar-refractivity contribution in [3.63, 3.8) is 0 Å². The van der Waals surface area contributed by atoms with Gasteiger partial charge in [0.2, 0.25) is 0 Å². The van der Waals surface area contributed by atoms with E-state index in [0.29, 0.717) is 6.42 Å². The monoisotopic (exact) mass is 164 g/mol. The number of aryl methyl sites for hydroxylation is 1. The van der Waals surface area contributed by atoms with Gasteiger partial charge in [-0.25, -0.2) is 0 Å². The molecule has 0 heterocycles. The predicted molar refractivity (Wildman–Crippen MR) is 48.7 cm³/mol. The third-order valence-corrected chi connectivity index (χ3v) is 1.86. The van der Waals surface area contributed by atoms with E-state index in [-0.39, 0.29) is 0 Å². The van der Waals surface area contributed by atoms with Crippen LogP contribution < -0.4 is 0 Å². The maximum atomic E-state index is 5.88. The Bertz CT molecular complexity index is 294. The summed E-state index contributed by atoms with van der Waals surface area (Å²) >= 11 is 5.88. The molecule has 0 fully saturated rings. The summed E-state index contributed by atoms with van der Waals surface area (Å²) in [5.74, 6) is 2.57. The van der Waals surface area contributed by atoms with Crippen LogP contribution in [0.15, 0.2) is 18.2 Å². The second-order valence-corrected chi connectivity index (χ2v) is 2.88. The lowest BCUT2D eigenvalue weighted by Gasteiger charge is -2.00. The number of halogens is 1. The zero-order chi connectivity index (χ0) is 8.27. The van der Waals surface area contributed by atoms with E-state index in [1.165, 1.54) is 5.56 Å². The molecule has 0 atom stereocenters. The van der Waals surface area contributed by atoms with Gasteiger partial charge >= 0.3 is 0 Å². The number of benzene rings is 1. The van der Waals surface area contributed by atoms with E-state index in [0.717, 1.165) is 10.6 Å². The SMILES string of the molecule is C#CCc1cc(C)ccc1Cl. The molecule has 0 radical (unpaired) electrons. The normalized spacial score (nSPS) is 9.18. The molecule has 0 spiro atoms. The highest BCUT2D eigenvalue weighted by Crippen LogP contribution is 2.17. The van der Waals surface area contributed by atoms with Crippen LogP contribution in [0.3, 0.4) is 0 Å². The smallest absolute Gasteiger partial charge is 0.0447 e. The molecule has 11 heavy (non-hydrogen) atoms. The van der Waals surface area contributed by atoms with E-state index in [2.05, 4.69) is 5.92 Å². The zero-order valence-electron chi connectivity index (χ0n) is 6.39. The molecule has 1 heteroatoms. The zero-order valence-corrected chi connectivity index (χ0v) is 7.15. The topological polar surface area (TPSA) is 0 Å². The van der Waals surface area contributed by atoms with E-state index in [9.17, 15) is 0 Å². The second-order valence-electron chi connectivity index (χ2n) is 2.48. The average molecular weight is 165 g/mol. The fourth-order valence-corrected chi connectivity index (χ4v) is 1.13. The number of terminal acetylenes is 1. The summed E-state index contributed by atoms with van der Waals surface area (Å²) in [5, 5.41) is 0.758. The van der Waals surface area contributed by atoms with Gasteiger partial charge < -0.3 is 0 Å². The van der Waals surface area contributed by atoms with Crippen molar-refractivity contribution in [1.82, 2.24) is 0 Å². The minimum atomic E-state index is 0.612. The fourth-order valence-electron chi connectivity index (χ4n) is 0.949. The van der Waals surface area contributed by atoms with Crippen molar-refractivity contribution < 1.29 is 0 Å². The van der Waals surface area contributed by atoms with Gasteiger partial charge in [0.15, 0.2) is 0 Å². The molecule has 0 N–H and O–H groups in total. The van der Waals surface area contributed by atoms with Gasteiger partial charge in [-0.3, -0.25) is 0 Å². The molecule has 56 valence electrons. The van der Waals surface area contributed by atoms with E-state index in [1.54, 1.807) is 0 Å². The molecule has 0 saturated carbocycles. The molecular formula is C10H9Cl. The van der Waals surface area contributed by atoms with Crippen molar-refractivity contribution >= 4 is 11.6 Å². The summed E-state index contributed by atoms with van der Waals surface area (Å²) in [6.07, 6.45) is 5.78. The van der Waals surface area contributed by atoms with Gasteiger partial charge in [-0.15, -0.1) is 12.3 Å².